The maximum absolute atomic E-state index is 12.1. The Morgan fingerprint density at radius 3 is 1.91 bits per heavy atom. The highest BCUT2D eigenvalue weighted by Crippen LogP contribution is 2.36. The van der Waals surface area contributed by atoms with E-state index in [1.807, 2.05) is 31.9 Å². The Labute approximate surface area is 191 Å². The minimum atomic E-state index is -4.96. The largest absolute Gasteiger partial charge is 0.573 e. The zero-order valence-electron chi connectivity index (χ0n) is 18.4. The number of rotatable bonds is 5. The average Bonchev–Trinajstić information content (AvgIpc) is 3.38. The summed E-state index contributed by atoms with van der Waals surface area (Å²) in [6.07, 6.45) is -1.89. The van der Waals surface area contributed by atoms with Crippen LogP contribution in [0.2, 0.25) is 0 Å². The van der Waals surface area contributed by atoms with Gasteiger partial charge in [-0.25, -0.2) is 0 Å². The minimum Gasteiger partial charge on any atom is -0.398 e. The van der Waals surface area contributed by atoms with E-state index in [0.29, 0.717) is 23.4 Å². The number of halogens is 3. The molecule has 0 N–H and O–H groups in total. The number of hydrogen-bond donors (Lipinski definition) is 0. The molecule has 2 aromatic carbocycles. The van der Waals surface area contributed by atoms with Crippen LogP contribution in [-0.4, -0.2) is 41.7 Å². The van der Waals surface area contributed by atoms with Gasteiger partial charge in [0.15, 0.2) is 0 Å². The molecule has 2 heterocycles. The summed E-state index contributed by atoms with van der Waals surface area (Å²) in [7, 11) is 1.87. The smallest absolute Gasteiger partial charge is 0.398 e. The summed E-state index contributed by atoms with van der Waals surface area (Å²) in [4.78, 5) is 30.3. The van der Waals surface area contributed by atoms with Gasteiger partial charge in [0.2, 0.25) is 5.75 Å². The van der Waals surface area contributed by atoms with Gasteiger partial charge >= 0.3 is 12.0 Å². The molecule has 0 saturated heterocycles. The Bertz CT molecular complexity index is 1190. The Balaban J connectivity index is 0.000000191. The monoisotopic (exact) mass is 479 g/mol. The first-order chi connectivity index (χ1) is 15.9. The van der Waals surface area contributed by atoms with Crippen molar-refractivity contribution in [3.05, 3.63) is 66.7 Å². The van der Waals surface area contributed by atoms with Crippen molar-refractivity contribution in [2.45, 2.75) is 39.3 Å². The van der Waals surface area contributed by atoms with Crippen molar-refractivity contribution in [3.8, 4) is 5.75 Å². The second-order valence-electron chi connectivity index (χ2n) is 7.76. The van der Waals surface area contributed by atoms with E-state index >= 15 is 0 Å². The van der Waals surface area contributed by atoms with Crippen LogP contribution in [0.15, 0.2) is 34.3 Å². The molecule has 0 fully saturated rings. The van der Waals surface area contributed by atoms with Crippen LogP contribution in [-0.2, 0) is 13.1 Å². The number of nitro benzene ring substituents is 2. The number of aliphatic imine (C=N–C) groups is 2. The molecule has 34 heavy (non-hydrogen) atoms. The van der Waals surface area contributed by atoms with Gasteiger partial charge in [0.25, 0.3) is 5.69 Å². The number of anilines is 1. The molecule has 180 valence electrons. The van der Waals surface area contributed by atoms with Crippen LogP contribution >= 0.6 is 0 Å². The van der Waals surface area contributed by atoms with Gasteiger partial charge in [-0.15, -0.1) is 13.2 Å². The van der Waals surface area contributed by atoms with Crippen LogP contribution in [0.4, 0.5) is 30.2 Å². The van der Waals surface area contributed by atoms with Crippen LogP contribution in [0.1, 0.15) is 36.1 Å². The maximum atomic E-state index is 12.1. The summed E-state index contributed by atoms with van der Waals surface area (Å²) in [5.41, 5.74) is 2.90. The van der Waals surface area contributed by atoms with E-state index in [0.717, 1.165) is 23.3 Å². The number of alkyl halides is 3. The van der Waals surface area contributed by atoms with Gasteiger partial charge in [-0.05, 0) is 37.1 Å². The number of nitrogens with zero attached hydrogens (tertiary/aromatic N) is 5. The van der Waals surface area contributed by atoms with E-state index in [1.54, 1.807) is 12.3 Å². The summed E-state index contributed by atoms with van der Waals surface area (Å²) in [6.45, 7) is 4.83. The minimum absolute atomic E-state index is 0.147. The SMILES string of the molecule is CC(C)N(C)c1cc2c(cc1[N+](=O)[O-])C=NC2.O=[N+]([O-])c1cc2c(cc1OC(F)(F)F)CN=C2. The van der Waals surface area contributed by atoms with Gasteiger partial charge < -0.3 is 9.64 Å². The van der Waals surface area contributed by atoms with Crippen LogP contribution in [0.5, 0.6) is 5.75 Å². The Kier molecular flexibility index (Phi) is 6.84. The number of ether oxygens (including phenoxy) is 1. The molecule has 0 amide bonds. The summed E-state index contributed by atoms with van der Waals surface area (Å²) >= 11 is 0. The van der Waals surface area contributed by atoms with Crippen molar-refractivity contribution in [2.24, 2.45) is 9.98 Å². The molecular formula is C21H20F3N5O5. The Morgan fingerprint density at radius 2 is 1.44 bits per heavy atom. The van der Waals surface area contributed by atoms with Crippen molar-refractivity contribution in [3.63, 3.8) is 0 Å². The first-order valence-corrected chi connectivity index (χ1v) is 9.98. The van der Waals surface area contributed by atoms with E-state index in [4.69, 9.17) is 0 Å². The Morgan fingerprint density at radius 1 is 0.941 bits per heavy atom. The fourth-order valence-corrected chi connectivity index (χ4v) is 3.32. The van der Waals surface area contributed by atoms with Crippen molar-refractivity contribution >= 4 is 29.5 Å². The van der Waals surface area contributed by atoms with Crippen molar-refractivity contribution in [1.82, 2.24) is 0 Å². The molecular weight excluding hydrogens is 459 g/mol. The number of hydrogen-bond acceptors (Lipinski definition) is 8. The van der Waals surface area contributed by atoms with Crippen LogP contribution in [0, 0.1) is 20.2 Å². The Hall–Kier alpha value is -4.03. The predicted octanol–water partition coefficient (Wildman–Crippen LogP) is 4.80. The van der Waals surface area contributed by atoms with Gasteiger partial charge in [-0.3, -0.25) is 30.2 Å². The lowest BCUT2D eigenvalue weighted by Gasteiger charge is -2.24. The van der Waals surface area contributed by atoms with Gasteiger partial charge in [0, 0.05) is 48.8 Å². The van der Waals surface area contributed by atoms with E-state index in [-0.39, 0.29) is 23.2 Å². The summed E-state index contributed by atoms with van der Waals surface area (Å²) in [5, 5.41) is 21.7. The van der Waals surface area contributed by atoms with Crippen LogP contribution < -0.4 is 9.64 Å². The van der Waals surface area contributed by atoms with E-state index < -0.39 is 22.7 Å². The van der Waals surface area contributed by atoms with E-state index in [9.17, 15) is 33.4 Å². The molecule has 2 aliphatic rings. The first kappa shape index (κ1) is 24.6. The maximum Gasteiger partial charge on any atom is 0.573 e. The normalized spacial score (nSPS) is 13.3. The highest BCUT2D eigenvalue weighted by Gasteiger charge is 2.35. The fourth-order valence-electron chi connectivity index (χ4n) is 3.32. The van der Waals surface area contributed by atoms with Crippen molar-refractivity contribution in [1.29, 1.82) is 0 Å². The average molecular weight is 479 g/mol. The predicted molar refractivity (Wildman–Crippen MR) is 119 cm³/mol. The molecule has 0 bridgehead atoms. The second-order valence-corrected chi connectivity index (χ2v) is 7.76. The number of benzene rings is 2. The zero-order valence-corrected chi connectivity index (χ0v) is 18.4. The third-order valence-electron chi connectivity index (χ3n) is 5.21. The van der Waals surface area contributed by atoms with Gasteiger partial charge in [0.05, 0.1) is 22.9 Å². The number of fused-ring (bicyclic) bond motifs is 2. The topological polar surface area (TPSA) is 123 Å². The molecule has 10 nitrogen and oxygen atoms in total. The molecule has 13 heteroatoms. The lowest BCUT2D eigenvalue weighted by Crippen LogP contribution is -2.26. The highest BCUT2D eigenvalue weighted by molar-refractivity contribution is 5.88. The van der Waals surface area contributed by atoms with Gasteiger partial charge in [-0.2, -0.15) is 0 Å². The molecule has 0 aromatic heterocycles. The zero-order chi connectivity index (χ0) is 25.2. The molecule has 0 spiro atoms. The van der Waals surface area contributed by atoms with Crippen LogP contribution in [0.3, 0.4) is 0 Å². The van der Waals surface area contributed by atoms with Crippen molar-refractivity contribution < 1.29 is 27.8 Å². The third kappa shape index (κ3) is 5.47. The van der Waals surface area contributed by atoms with E-state index in [1.165, 1.54) is 6.21 Å². The van der Waals surface area contributed by atoms with Crippen LogP contribution in [0.25, 0.3) is 0 Å². The highest BCUT2D eigenvalue weighted by atomic mass is 19.4. The molecule has 2 aliphatic heterocycles. The second kappa shape index (κ2) is 9.45. The molecule has 2 aromatic rings. The van der Waals surface area contributed by atoms with Gasteiger partial charge in [0.1, 0.15) is 5.69 Å². The van der Waals surface area contributed by atoms with Crippen molar-refractivity contribution in [2.75, 3.05) is 11.9 Å². The molecule has 0 atom stereocenters. The fraction of sp³-hybridized carbons (Fsp3) is 0.333. The lowest BCUT2D eigenvalue weighted by atomic mass is 10.1. The number of nitro groups is 2. The van der Waals surface area contributed by atoms with Gasteiger partial charge in [-0.1, -0.05) is 0 Å². The summed E-state index contributed by atoms with van der Waals surface area (Å²) < 4.78 is 39.8. The standard InChI is InChI=1S/C12H15N3O2.C9H5F3N2O3/c1-8(2)14(3)11-4-9-6-13-7-10(9)5-12(11)15(16)17;10-9(11,12)17-8-2-6-4-13-3-5(6)1-7(8)14(15)16/h4-5,7-8H,6H2,1-3H3;1-3H,4H2. The lowest BCUT2D eigenvalue weighted by molar-refractivity contribution is -0.388. The summed E-state index contributed by atoms with van der Waals surface area (Å²) in [5.74, 6) is -0.813. The first-order valence-electron chi connectivity index (χ1n) is 9.98. The molecule has 0 saturated carbocycles. The summed E-state index contributed by atoms with van der Waals surface area (Å²) in [6, 6.07) is 5.72. The third-order valence-corrected chi connectivity index (χ3v) is 5.21. The molecule has 4 rings (SSSR count). The molecule has 0 aliphatic carbocycles. The molecule has 0 unspecified atom stereocenters. The van der Waals surface area contributed by atoms with E-state index in [2.05, 4.69) is 14.7 Å². The quantitative estimate of drug-likeness (QED) is 0.448. The molecule has 0 radical (unpaired) electrons.